The van der Waals surface area contributed by atoms with Crippen LogP contribution in [0, 0.1) is 0 Å². The highest BCUT2D eigenvalue weighted by Gasteiger charge is 2.08. The van der Waals surface area contributed by atoms with E-state index < -0.39 is 0 Å². The molecule has 0 aliphatic carbocycles. The summed E-state index contributed by atoms with van der Waals surface area (Å²) >= 11 is 2.96. The first-order valence-electron chi connectivity index (χ1n) is 5.01. The Balaban J connectivity index is 1.97. The van der Waals surface area contributed by atoms with Crippen LogP contribution in [0.25, 0.3) is 0 Å². The highest BCUT2D eigenvalue weighted by molar-refractivity contribution is 7.98. The molecule has 0 aliphatic heterocycles. The minimum Gasteiger partial charge on any atom is -0.360 e. The zero-order chi connectivity index (χ0) is 12.3. The van der Waals surface area contributed by atoms with E-state index in [1.165, 1.54) is 27.7 Å². The number of nitrogens with one attached hydrogen (secondary N) is 2. The Morgan fingerprint density at radius 2 is 2.35 bits per heavy atom. The number of H-pyrrole nitrogens is 1. The molecule has 0 saturated heterocycles. The molecule has 2 heterocycles. The van der Waals surface area contributed by atoms with Crippen LogP contribution in [0.3, 0.4) is 0 Å². The van der Waals surface area contributed by atoms with Crippen LogP contribution in [0.5, 0.6) is 0 Å². The predicted octanol–water partition coefficient (Wildman–Crippen LogP) is 0.684. The van der Waals surface area contributed by atoms with Crippen LogP contribution in [-0.2, 0) is 12.8 Å². The van der Waals surface area contributed by atoms with Gasteiger partial charge in [-0.1, -0.05) is 23.1 Å². The Morgan fingerprint density at radius 3 is 3.00 bits per heavy atom. The van der Waals surface area contributed by atoms with Gasteiger partial charge >= 0.3 is 5.69 Å². The van der Waals surface area contributed by atoms with Crippen molar-refractivity contribution in [3.63, 3.8) is 0 Å². The summed E-state index contributed by atoms with van der Waals surface area (Å²) in [5.41, 5.74) is -0.210. The van der Waals surface area contributed by atoms with Crippen molar-refractivity contribution in [1.82, 2.24) is 25.0 Å². The molecule has 0 fully saturated rings. The van der Waals surface area contributed by atoms with Crippen LogP contribution in [0.1, 0.15) is 11.9 Å². The molecular weight excluding hydrogens is 260 g/mol. The van der Waals surface area contributed by atoms with Gasteiger partial charge in [-0.2, -0.15) is 0 Å². The Kier molecular flexibility index (Phi) is 3.79. The van der Waals surface area contributed by atoms with Gasteiger partial charge in [0.05, 0.1) is 5.75 Å². The summed E-state index contributed by atoms with van der Waals surface area (Å²) in [5, 5.41) is 19.8. The Morgan fingerprint density at radius 1 is 1.53 bits per heavy atom. The minimum absolute atomic E-state index is 0.210. The van der Waals surface area contributed by atoms with Crippen molar-refractivity contribution in [3.05, 3.63) is 15.5 Å². The van der Waals surface area contributed by atoms with Crippen LogP contribution >= 0.6 is 23.1 Å². The third-order valence-electron chi connectivity index (χ3n) is 1.96. The molecule has 0 aromatic carbocycles. The molecule has 0 amide bonds. The standard InChI is InChI=1S/C8H12N6OS2/c1-3-9-6-11-10-5(17-6)4-16-8-13-12-7(15)14(8)2/h3-4H2,1-2H3,(H,9,11)(H,12,15). The van der Waals surface area contributed by atoms with E-state index in [0.717, 1.165) is 16.7 Å². The molecule has 0 radical (unpaired) electrons. The molecule has 17 heavy (non-hydrogen) atoms. The van der Waals surface area contributed by atoms with E-state index >= 15 is 0 Å². The maximum atomic E-state index is 11.1. The molecule has 2 aromatic rings. The first kappa shape index (κ1) is 12.1. The predicted molar refractivity (Wildman–Crippen MR) is 67.5 cm³/mol. The summed E-state index contributed by atoms with van der Waals surface area (Å²) in [6.07, 6.45) is 0. The smallest absolute Gasteiger partial charge is 0.343 e. The summed E-state index contributed by atoms with van der Waals surface area (Å²) in [4.78, 5) is 11.1. The van der Waals surface area contributed by atoms with E-state index in [1.54, 1.807) is 7.05 Å². The molecule has 0 unspecified atom stereocenters. The summed E-state index contributed by atoms with van der Waals surface area (Å²) in [7, 11) is 1.68. The molecule has 0 aliphatic rings. The van der Waals surface area contributed by atoms with Gasteiger partial charge in [-0.15, -0.1) is 15.3 Å². The lowest BCUT2D eigenvalue weighted by Crippen LogP contribution is -2.12. The molecule has 2 rings (SSSR count). The summed E-state index contributed by atoms with van der Waals surface area (Å²) in [6, 6.07) is 0. The fraction of sp³-hybridized carbons (Fsp3) is 0.500. The second-order valence-corrected chi connectivity index (χ2v) is 5.19. The number of hydrogen-bond donors (Lipinski definition) is 2. The number of thioether (sulfide) groups is 1. The van der Waals surface area contributed by atoms with Gasteiger partial charge in [0.25, 0.3) is 0 Å². The van der Waals surface area contributed by atoms with Crippen molar-refractivity contribution in [1.29, 1.82) is 0 Å². The van der Waals surface area contributed by atoms with Gasteiger partial charge < -0.3 is 5.32 Å². The topological polar surface area (TPSA) is 88.5 Å². The van der Waals surface area contributed by atoms with Crippen LogP contribution in [0.15, 0.2) is 9.95 Å². The summed E-state index contributed by atoms with van der Waals surface area (Å²) < 4.78 is 1.47. The molecule has 0 bridgehead atoms. The largest absolute Gasteiger partial charge is 0.360 e. The minimum atomic E-state index is -0.210. The van der Waals surface area contributed by atoms with E-state index in [4.69, 9.17) is 0 Å². The molecule has 7 nitrogen and oxygen atoms in total. The summed E-state index contributed by atoms with van der Waals surface area (Å²) in [6.45, 7) is 2.84. The fourth-order valence-corrected chi connectivity index (χ4v) is 2.84. The number of aromatic nitrogens is 5. The van der Waals surface area contributed by atoms with Gasteiger partial charge in [0, 0.05) is 13.6 Å². The fourth-order valence-electron chi connectivity index (χ4n) is 1.12. The van der Waals surface area contributed by atoms with Gasteiger partial charge in [-0.3, -0.25) is 4.57 Å². The lowest BCUT2D eigenvalue weighted by Gasteiger charge is -1.95. The zero-order valence-electron chi connectivity index (χ0n) is 9.43. The Hall–Kier alpha value is -1.35. The van der Waals surface area contributed by atoms with Crippen molar-refractivity contribution in [2.45, 2.75) is 17.8 Å². The second-order valence-electron chi connectivity index (χ2n) is 3.19. The van der Waals surface area contributed by atoms with Gasteiger partial charge in [0.2, 0.25) is 5.13 Å². The third-order valence-corrected chi connectivity index (χ3v) is 4.06. The zero-order valence-corrected chi connectivity index (χ0v) is 11.1. The highest BCUT2D eigenvalue weighted by Crippen LogP contribution is 2.23. The van der Waals surface area contributed by atoms with Crippen LogP contribution < -0.4 is 11.0 Å². The average molecular weight is 272 g/mol. The number of anilines is 1. The Bertz CT molecular complexity index is 544. The van der Waals surface area contributed by atoms with Crippen molar-refractivity contribution >= 4 is 28.2 Å². The highest BCUT2D eigenvalue weighted by atomic mass is 32.2. The molecule has 9 heteroatoms. The third kappa shape index (κ3) is 2.86. The molecule has 2 aromatic heterocycles. The van der Waals surface area contributed by atoms with E-state index in [1.807, 2.05) is 6.92 Å². The molecule has 0 spiro atoms. The molecule has 0 saturated carbocycles. The Labute approximate surface area is 106 Å². The molecule has 0 atom stereocenters. The normalized spacial score (nSPS) is 10.7. The van der Waals surface area contributed by atoms with Gasteiger partial charge in [0.15, 0.2) is 5.16 Å². The van der Waals surface area contributed by atoms with Crippen LogP contribution in [0.2, 0.25) is 0 Å². The van der Waals surface area contributed by atoms with Crippen molar-refractivity contribution < 1.29 is 0 Å². The maximum absolute atomic E-state index is 11.1. The SMILES string of the molecule is CCNc1nnc(CSc2n[nH]c(=O)n2C)s1. The summed E-state index contributed by atoms with van der Waals surface area (Å²) in [5.74, 6) is 0.654. The number of hydrogen-bond acceptors (Lipinski definition) is 7. The number of nitrogens with zero attached hydrogens (tertiary/aromatic N) is 4. The van der Waals surface area contributed by atoms with Crippen LogP contribution in [0.4, 0.5) is 5.13 Å². The van der Waals surface area contributed by atoms with E-state index in [-0.39, 0.29) is 5.69 Å². The first-order valence-corrected chi connectivity index (χ1v) is 6.81. The van der Waals surface area contributed by atoms with E-state index in [9.17, 15) is 4.79 Å². The maximum Gasteiger partial charge on any atom is 0.343 e. The van der Waals surface area contributed by atoms with Crippen LogP contribution in [-0.4, -0.2) is 31.5 Å². The number of aromatic amines is 1. The van der Waals surface area contributed by atoms with Gasteiger partial charge in [-0.25, -0.2) is 9.89 Å². The van der Waals surface area contributed by atoms with Crippen molar-refractivity contribution in [2.75, 3.05) is 11.9 Å². The van der Waals surface area contributed by atoms with Crippen molar-refractivity contribution in [3.8, 4) is 0 Å². The van der Waals surface area contributed by atoms with Gasteiger partial charge in [-0.05, 0) is 6.92 Å². The average Bonchev–Trinajstić information content (AvgIpc) is 2.87. The van der Waals surface area contributed by atoms with Crippen molar-refractivity contribution in [2.24, 2.45) is 7.05 Å². The van der Waals surface area contributed by atoms with E-state index in [2.05, 4.69) is 25.7 Å². The van der Waals surface area contributed by atoms with Gasteiger partial charge in [0.1, 0.15) is 5.01 Å². The lowest BCUT2D eigenvalue weighted by molar-refractivity contribution is 0.765. The molecule has 2 N–H and O–H groups in total. The number of rotatable bonds is 5. The van der Waals surface area contributed by atoms with E-state index in [0.29, 0.717) is 10.9 Å². The molecule has 92 valence electrons. The molecular formula is C8H12N6OS2. The second kappa shape index (κ2) is 5.32. The lowest BCUT2D eigenvalue weighted by atomic mass is 10.8. The monoisotopic (exact) mass is 272 g/mol. The quantitative estimate of drug-likeness (QED) is 0.778. The first-order chi connectivity index (χ1) is 8.20.